The van der Waals surface area contributed by atoms with Gasteiger partial charge in [-0.2, -0.15) is 31.6 Å². The van der Waals surface area contributed by atoms with Gasteiger partial charge in [0.1, 0.15) is 0 Å². The third kappa shape index (κ3) is 43.6. The van der Waals surface area contributed by atoms with Crippen molar-refractivity contribution in [2.45, 2.75) is 102 Å². The van der Waals surface area contributed by atoms with E-state index in [0.29, 0.717) is 17.7 Å². The van der Waals surface area contributed by atoms with Gasteiger partial charge in [-0.3, -0.25) is 34.7 Å². The van der Waals surface area contributed by atoms with E-state index < -0.39 is 23.5 Å². The predicted molar refractivity (Wildman–Crippen MR) is 414 cm³/mol. The standard InChI is InChI=1S/C9H6F6.C9H11NO.C9H9N.C9H10O2.C8H7N.C7H7Cl.3C6H7N.C5H6N2.C5H6S.C4H5NS/c1-5-2-6(8(10,11)12)4-7(3-5)9(13,14)15;1-7-3-5-9(6-4-7)10-8(2)11;1-7-6-8-4-2-3-5-9(8)10-7;1-7-3-5-8(6-4-7)9(10)11-2;1-7-2-4-8(6-9)5-3-7;1-6-2-4-7(8)5-3-6;1-6-2-4-7-5-3-6;1-6-3-2-4-7-5-6;1-6-4-2-3-5-7-6;1-5-4-6-2-3-7-5;1-5-3-2-4-6-5;1-4-2-6-3-5-4/h2-4H,1H3;3-6H,1-2H3,(H,10,11);2-6,10H,1H3;3-6H,1-2H3;2-5H,1H3;2-5H,1H3;3*2-5H,1H3;2-4H,1H3;2-4H,1H3;2-3H,1H3. The molecule has 2 N–H and O–H groups in total. The van der Waals surface area contributed by atoms with Gasteiger partial charge in [0.05, 0.1) is 46.6 Å². The number of hydrogen-bond acceptors (Lipinski definition) is 12. The Morgan fingerprint density at radius 3 is 1.38 bits per heavy atom. The number of rotatable bonds is 2. The number of halogens is 7. The first kappa shape index (κ1) is 89.1. The van der Waals surface area contributed by atoms with Crippen molar-refractivity contribution in [3.63, 3.8) is 0 Å². The van der Waals surface area contributed by atoms with Crippen LogP contribution in [0.1, 0.15) is 101 Å². The van der Waals surface area contributed by atoms with Crippen molar-refractivity contribution in [1.29, 1.82) is 5.26 Å². The fourth-order valence-electron chi connectivity index (χ4n) is 7.47. The number of thiophene rings is 1. The Bertz CT molecular complexity index is 4150. The van der Waals surface area contributed by atoms with Gasteiger partial charge in [-0.05, 0) is 226 Å². The van der Waals surface area contributed by atoms with Crippen LogP contribution in [0.3, 0.4) is 0 Å². The van der Waals surface area contributed by atoms with Crippen molar-refractivity contribution in [2.24, 2.45) is 0 Å². The summed E-state index contributed by atoms with van der Waals surface area (Å²) in [6, 6.07) is 62.0. The molecule has 12 nitrogen and oxygen atoms in total. The maximum absolute atomic E-state index is 12.2. The number of anilines is 1. The molecule has 0 saturated carbocycles. The molecule has 0 aliphatic carbocycles. The summed E-state index contributed by atoms with van der Waals surface area (Å²) in [6.07, 6.45) is 4.51. The van der Waals surface area contributed by atoms with Crippen LogP contribution in [-0.4, -0.2) is 53.9 Å². The monoisotopic (exact) mass is 1470 g/mol. The average Bonchev–Trinajstić information content (AvgIpc) is 1.07. The molecule has 21 heteroatoms. The number of hydrogen-bond donors (Lipinski definition) is 2. The normalized spacial score (nSPS) is 9.65. The molecule has 0 radical (unpaired) electrons. The van der Waals surface area contributed by atoms with Gasteiger partial charge in [0.25, 0.3) is 0 Å². The number of nitriles is 1. The smallest absolute Gasteiger partial charge is 0.416 e. The summed E-state index contributed by atoms with van der Waals surface area (Å²) in [7, 11) is 1.38. The second-order valence-electron chi connectivity index (χ2n) is 22.5. The third-order valence-corrected chi connectivity index (χ3v) is 14.6. The SMILES string of the molecule is CC(=O)Nc1ccc(C)cc1.COC(=O)c1ccc(C)cc1.Cc1cc(C(F)(F)F)cc(C(F)(F)F)c1.Cc1cc2ccccc2[nH]1.Cc1ccc(C#N)cc1.Cc1ccc(Cl)cc1.Cc1ccccn1.Cc1cccnc1.Cc1cccs1.Cc1ccncc1.Cc1cnccn1.Cc1cscn1. The first-order valence-corrected chi connectivity index (χ1v) is 34.2. The number of carbonyl (C=O) groups is 2. The Morgan fingerprint density at radius 2 is 1.04 bits per heavy atom. The van der Waals surface area contributed by atoms with Crippen LogP contribution < -0.4 is 5.32 Å². The molecule has 13 rings (SSSR count). The number of benzene rings is 6. The molecule has 0 bridgehead atoms. The highest BCUT2D eigenvalue weighted by molar-refractivity contribution is 7.09. The van der Waals surface area contributed by atoms with E-state index in [1.165, 1.54) is 70.2 Å². The van der Waals surface area contributed by atoms with E-state index in [1.54, 1.807) is 78.2 Å². The summed E-state index contributed by atoms with van der Waals surface area (Å²) in [5.41, 5.74) is 14.2. The summed E-state index contributed by atoms with van der Waals surface area (Å²) in [5.74, 6) is -0.321. The van der Waals surface area contributed by atoms with Gasteiger partial charge in [0.15, 0.2) is 0 Å². The average molecular weight is 1470 g/mol. The third-order valence-electron chi connectivity index (χ3n) is 12.8. The van der Waals surface area contributed by atoms with E-state index in [2.05, 4.69) is 107 Å². The van der Waals surface area contributed by atoms with Crippen molar-refractivity contribution < 1.29 is 40.7 Å². The van der Waals surface area contributed by atoms with E-state index in [-0.39, 0.29) is 23.5 Å². The van der Waals surface area contributed by atoms with Crippen molar-refractivity contribution >= 4 is 62.7 Å². The number of fused-ring (bicyclic) bond motifs is 1. The quantitative estimate of drug-likeness (QED) is 0.125. The number of alkyl halides is 6. The predicted octanol–water partition coefficient (Wildman–Crippen LogP) is 23.2. The van der Waals surface area contributed by atoms with Crippen LogP contribution >= 0.6 is 34.3 Å². The largest absolute Gasteiger partial charge is 0.465 e. The number of aromatic nitrogens is 7. The Labute approximate surface area is 620 Å². The number of nitrogens with zero attached hydrogens (tertiary/aromatic N) is 7. The van der Waals surface area contributed by atoms with Gasteiger partial charge in [0, 0.05) is 100 Å². The van der Waals surface area contributed by atoms with E-state index in [9.17, 15) is 35.9 Å². The zero-order valence-electron chi connectivity index (χ0n) is 60.7. The van der Waals surface area contributed by atoms with Crippen LogP contribution in [-0.2, 0) is 21.9 Å². The fraction of sp³-hybridized carbons (Fsp3) is 0.193. The van der Waals surface area contributed by atoms with Gasteiger partial charge in [-0.1, -0.05) is 119 Å². The molecule has 0 aliphatic rings. The molecule has 7 aromatic heterocycles. The van der Waals surface area contributed by atoms with Crippen LogP contribution in [0, 0.1) is 94.4 Å². The maximum Gasteiger partial charge on any atom is 0.416 e. The molecule has 0 fully saturated rings. The van der Waals surface area contributed by atoms with Crippen molar-refractivity contribution in [2.75, 3.05) is 12.4 Å². The summed E-state index contributed by atoms with van der Waals surface area (Å²) in [4.78, 5) is 49.5. The lowest BCUT2D eigenvalue weighted by molar-refractivity contribution is -0.143. The first-order chi connectivity index (χ1) is 49.4. The van der Waals surface area contributed by atoms with Gasteiger partial charge in [-0.25, -0.2) is 4.79 Å². The molecule has 0 unspecified atom stereocenters. The number of pyridine rings is 3. The van der Waals surface area contributed by atoms with E-state index in [4.69, 9.17) is 16.9 Å². The number of thiazole rings is 1. The number of amides is 1. The summed E-state index contributed by atoms with van der Waals surface area (Å²) >= 11 is 9.02. The second-order valence-corrected chi connectivity index (χ2v) is 24.8. The minimum atomic E-state index is -4.76. The summed E-state index contributed by atoms with van der Waals surface area (Å²) in [6.45, 7) is 24.8. The molecule has 13 aromatic rings. The molecular formula is C83H88ClF6N9O3S2. The number of para-hydroxylation sites is 1. The Hall–Kier alpha value is -11.0. The molecule has 0 spiro atoms. The molecule has 7 heterocycles. The number of esters is 1. The lowest BCUT2D eigenvalue weighted by atomic mass is 10.1. The molecule has 104 heavy (non-hydrogen) atoms. The van der Waals surface area contributed by atoms with E-state index in [0.717, 1.165) is 38.9 Å². The second kappa shape index (κ2) is 50.4. The van der Waals surface area contributed by atoms with Gasteiger partial charge < -0.3 is 15.0 Å². The van der Waals surface area contributed by atoms with Crippen molar-refractivity contribution in [3.05, 3.63) is 360 Å². The minimum Gasteiger partial charge on any atom is -0.465 e. The number of carbonyl (C=O) groups excluding carboxylic acids is 2. The maximum atomic E-state index is 12.2. The molecule has 544 valence electrons. The lowest BCUT2D eigenvalue weighted by Crippen LogP contribution is -2.11. The van der Waals surface area contributed by atoms with Crippen LogP contribution in [0.4, 0.5) is 32.0 Å². The van der Waals surface area contributed by atoms with Crippen LogP contribution in [0.25, 0.3) is 10.9 Å². The van der Waals surface area contributed by atoms with Crippen molar-refractivity contribution in [1.82, 2.24) is 34.9 Å². The minimum absolute atomic E-state index is 0.0335. The number of aromatic amines is 1. The number of ether oxygens (including phenoxy) is 1. The molecule has 0 atom stereocenters. The van der Waals surface area contributed by atoms with Gasteiger partial charge in [-0.15, -0.1) is 22.7 Å². The Kier molecular flexibility index (Phi) is 43.2. The number of methoxy groups -OCH3 is 1. The van der Waals surface area contributed by atoms with E-state index in [1.807, 2.05) is 213 Å². The first-order valence-electron chi connectivity index (χ1n) is 32.0. The lowest BCUT2D eigenvalue weighted by Gasteiger charge is -2.12. The van der Waals surface area contributed by atoms with Crippen molar-refractivity contribution in [3.8, 4) is 6.07 Å². The highest BCUT2D eigenvalue weighted by Crippen LogP contribution is 2.36. The number of nitrogens with one attached hydrogen (secondary N) is 2. The number of H-pyrrole nitrogens is 1. The Morgan fingerprint density at radius 1 is 0.500 bits per heavy atom. The van der Waals surface area contributed by atoms with Gasteiger partial charge >= 0.3 is 18.3 Å². The van der Waals surface area contributed by atoms with E-state index >= 15 is 0 Å². The van der Waals surface area contributed by atoms with Crippen LogP contribution in [0.15, 0.2) is 266 Å². The summed E-state index contributed by atoms with van der Waals surface area (Å²) in [5, 5.41) is 17.3. The summed E-state index contributed by atoms with van der Waals surface area (Å²) < 4.78 is 77.5. The highest BCUT2D eigenvalue weighted by Gasteiger charge is 2.36. The number of aryl methyl sites for hydroxylation is 12. The van der Waals surface area contributed by atoms with Gasteiger partial charge in [0.2, 0.25) is 5.91 Å². The molecular weight excluding hydrogens is 1380 g/mol. The van der Waals surface area contributed by atoms with Crippen LogP contribution in [0.5, 0.6) is 0 Å². The zero-order valence-corrected chi connectivity index (χ0v) is 63.1. The molecule has 1 amide bonds. The zero-order chi connectivity index (χ0) is 77.3. The fourth-order valence-corrected chi connectivity index (χ4v) is 8.67. The molecule has 6 aromatic carbocycles. The van der Waals surface area contributed by atoms with Crippen LogP contribution in [0.2, 0.25) is 5.02 Å². The topological polar surface area (TPSA) is 172 Å². The Balaban J connectivity index is 0.000000389. The highest BCUT2D eigenvalue weighted by atomic mass is 35.5. The molecule has 0 aliphatic heterocycles. The molecule has 0 saturated heterocycles.